The number of hydrogen-bond acceptors (Lipinski definition) is 5. The van der Waals surface area contributed by atoms with Crippen molar-refractivity contribution < 1.29 is 19.5 Å². The van der Waals surface area contributed by atoms with E-state index in [9.17, 15) is 5.21 Å². The van der Waals surface area contributed by atoms with Crippen LogP contribution in [0, 0.1) is 0 Å². The lowest BCUT2D eigenvalue weighted by Crippen LogP contribution is -2.69. The highest BCUT2D eigenvalue weighted by atomic mass is 16.8. The molecular formula is C20H39N2O4. The van der Waals surface area contributed by atoms with E-state index in [-0.39, 0.29) is 17.2 Å². The molecule has 6 heteroatoms. The summed E-state index contributed by atoms with van der Waals surface area (Å²) >= 11 is 0. The zero-order valence-electron chi connectivity index (χ0n) is 18.4. The average Bonchev–Trinajstić information content (AvgIpc) is 2.47. The largest absolute Gasteiger partial charge is 0.381 e. The second kappa shape index (κ2) is 6.68. The summed E-state index contributed by atoms with van der Waals surface area (Å²) < 4.78 is 11.7. The Kier molecular flexibility index (Phi) is 5.66. The molecule has 153 valence electrons. The normalized spacial score (nSPS) is 31.0. The maximum absolute atomic E-state index is 12.8. The van der Waals surface area contributed by atoms with Gasteiger partial charge in [-0.2, -0.15) is 5.06 Å². The van der Waals surface area contributed by atoms with Crippen molar-refractivity contribution >= 4 is 0 Å². The fraction of sp³-hybridized carbons (Fsp3) is 1.00. The van der Waals surface area contributed by atoms with Gasteiger partial charge in [-0.1, -0.05) is 0 Å². The summed E-state index contributed by atoms with van der Waals surface area (Å²) in [7, 11) is 3.47. The number of methoxy groups -OCH3 is 2. The van der Waals surface area contributed by atoms with Gasteiger partial charge in [0.25, 0.3) is 0 Å². The Morgan fingerprint density at radius 1 is 0.769 bits per heavy atom. The van der Waals surface area contributed by atoms with Crippen LogP contribution in [0.3, 0.4) is 0 Å². The van der Waals surface area contributed by atoms with E-state index in [2.05, 4.69) is 32.8 Å². The van der Waals surface area contributed by atoms with Gasteiger partial charge in [0.15, 0.2) is 5.79 Å². The second-order valence-electron chi connectivity index (χ2n) is 10.7. The Labute approximate surface area is 159 Å². The molecule has 0 spiro atoms. The molecule has 0 aromatic carbocycles. The predicted octanol–water partition coefficient (Wildman–Crippen LogP) is 3.93. The van der Waals surface area contributed by atoms with E-state index in [1.54, 1.807) is 14.2 Å². The molecule has 0 N–H and O–H groups in total. The molecule has 0 bridgehead atoms. The zero-order chi connectivity index (χ0) is 20.2. The van der Waals surface area contributed by atoms with Gasteiger partial charge in [0.1, 0.15) is 0 Å². The molecule has 2 aliphatic heterocycles. The molecule has 1 radical (unpaired) electrons. The summed E-state index contributed by atoms with van der Waals surface area (Å²) in [6, 6.07) is 0. The van der Waals surface area contributed by atoms with Crippen LogP contribution in [-0.4, -0.2) is 58.4 Å². The second-order valence-corrected chi connectivity index (χ2v) is 10.7. The van der Waals surface area contributed by atoms with Gasteiger partial charge in [-0.3, -0.25) is 4.84 Å². The summed E-state index contributed by atoms with van der Waals surface area (Å²) in [5.41, 5.74) is -1.57. The van der Waals surface area contributed by atoms with Crippen molar-refractivity contribution in [3.8, 4) is 0 Å². The minimum Gasteiger partial charge on any atom is -0.381 e. The van der Waals surface area contributed by atoms with Gasteiger partial charge in [0.2, 0.25) is 0 Å². The number of piperidine rings is 2. The highest BCUT2D eigenvalue weighted by molar-refractivity contribution is 5.03. The van der Waals surface area contributed by atoms with Crippen molar-refractivity contribution in [2.24, 2.45) is 0 Å². The van der Waals surface area contributed by atoms with Crippen molar-refractivity contribution in [2.75, 3.05) is 14.2 Å². The van der Waals surface area contributed by atoms with Gasteiger partial charge in [-0.05, 0) is 68.2 Å². The molecule has 0 amide bonds. The van der Waals surface area contributed by atoms with Gasteiger partial charge in [-0.25, -0.2) is 0 Å². The highest BCUT2D eigenvalue weighted by Gasteiger charge is 2.58. The van der Waals surface area contributed by atoms with Crippen LogP contribution < -0.4 is 0 Å². The van der Waals surface area contributed by atoms with Crippen LogP contribution in [0.5, 0.6) is 0 Å². The summed E-state index contributed by atoms with van der Waals surface area (Å²) in [5.74, 6) is -0.831. The van der Waals surface area contributed by atoms with E-state index in [1.165, 1.54) is 5.06 Å². The van der Waals surface area contributed by atoms with Crippen molar-refractivity contribution in [3.63, 3.8) is 0 Å². The maximum Gasteiger partial charge on any atom is 0.191 e. The van der Waals surface area contributed by atoms with Crippen LogP contribution in [0.15, 0.2) is 0 Å². The van der Waals surface area contributed by atoms with Crippen LogP contribution in [0.25, 0.3) is 0 Å². The van der Waals surface area contributed by atoms with Gasteiger partial charge >= 0.3 is 0 Å². The third kappa shape index (κ3) is 3.96. The standard InChI is InChI=1S/C20H39N2O4/c1-16(2)11-15(24-9)12-17(3,4)22(16)26-20(25-10)13-18(5,6)21(23)19(7,8)14-20/h15H,11-14H2,1-10H3. The quantitative estimate of drug-likeness (QED) is 0.701. The zero-order valence-corrected chi connectivity index (χ0v) is 18.4. The average molecular weight is 372 g/mol. The fourth-order valence-electron chi connectivity index (χ4n) is 5.34. The Morgan fingerprint density at radius 2 is 1.19 bits per heavy atom. The summed E-state index contributed by atoms with van der Waals surface area (Å²) in [4.78, 5) is 6.70. The molecule has 0 aromatic heterocycles. The fourth-order valence-corrected chi connectivity index (χ4v) is 5.34. The molecule has 2 saturated heterocycles. The Morgan fingerprint density at radius 3 is 1.54 bits per heavy atom. The SMILES string of the molecule is COC1CC(C)(C)N(OC2(OC)CC(C)(C)N([O])C(C)(C)C2)C(C)(C)C1. The lowest BCUT2D eigenvalue weighted by molar-refractivity contribution is -0.438. The van der Waals surface area contributed by atoms with Crippen molar-refractivity contribution in [1.82, 2.24) is 10.1 Å². The van der Waals surface area contributed by atoms with E-state index in [1.807, 2.05) is 27.7 Å². The van der Waals surface area contributed by atoms with E-state index in [0.29, 0.717) is 12.8 Å². The Balaban J connectivity index is 2.36. The van der Waals surface area contributed by atoms with Crippen molar-refractivity contribution in [2.45, 2.75) is 115 Å². The summed E-state index contributed by atoms with van der Waals surface area (Å²) in [6.45, 7) is 16.6. The van der Waals surface area contributed by atoms with Gasteiger partial charge in [0, 0.05) is 49.2 Å². The molecule has 2 aliphatic rings. The number of hydrogen-bond donors (Lipinski definition) is 0. The summed E-state index contributed by atoms with van der Waals surface area (Å²) in [5, 5.41) is 16.1. The molecule has 0 atom stereocenters. The molecule has 2 rings (SSSR count). The van der Waals surface area contributed by atoms with Crippen molar-refractivity contribution in [1.29, 1.82) is 0 Å². The Bertz CT molecular complexity index is 480. The molecule has 0 saturated carbocycles. The third-order valence-electron chi connectivity index (χ3n) is 6.02. The van der Waals surface area contributed by atoms with E-state index < -0.39 is 16.9 Å². The minimum atomic E-state index is -0.831. The molecule has 2 fully saturated rings. The van der Waals surface area contributed by atoms with Crippen molar-refractivity contribution in [3.05, 3.63) is 0 Å². The van der Waals surface area contributed by atoms with Gasteiger partial charge in [-0.15, -0.1) is 10.3 Å². The molecule has 6 nitrogen and oxygen atoms in total. The van der Waals surface area contributed by atoms with Gasteiger partial charge < -0.3 is 9.47 Å². The molecule has 0 aliphatic carbocycles. The van der Waals surface area contributed by atoms with E-state index in [4.69, 9.17) is 14.3 Å². The van der Waals surface area contributed by atoms with E-state index >= 15 is 0 Å². The monoisotopic (exact) mass is 371 g/mol. The number of ether oxygens (including phenoxy) is 2. The highest BCUT2D eigenvalue weighted by Crippen LogP contribution is 2.48. The Hall–Kier alpha value is -0.240. The number of hydroxylamine groups is 4. The lowest BCUT2D eigenvalue weighted by Gasteiger charge is -2.59. The molecule has 0 unspecified atom stereocenters. The third-order valence-corrected chi connectivity index (χ3v) is 6.02. The molecule has 26 heavy (non-hydrogen) atoms. The number of rotatable bonds is 4. The summed E-state index contributed by atoms with van der Waals surface area (Å²) in [6.07, 6.45) is 3.00. The topological polar surface area (TPSA) is 54.1 Å². The minimum absolute atomic E-state index is 0.203. The van der Waals surface area contributed by atoms with Crippen LogP contribution >= 0.6 is 0 Å². The first-order valence-electron chi connectivity index (χ1n) is 9.66. The smallest absolute Gasteiger partial charge is 0.191 e. The predicted molar refractivity (Wildman–Crippen MR) is 101 cm³/mol. The van der Waals surface area contributed by atoms with Crippen LogP contribution in [-0.2, 0) is 19.5 Å². The van der Waals surface area contributed by atoms with Crippen LogP contribution in [0.1, 0.15) is 81.1 Å². The first-order valence-corrected chi connectivity index (χ1v) is 9.66. The van der Waals surface area contributed by atoms with Gasteiger partial charge in [0.05, 0.1) is 6.10 Å². The molecule has 0 aromatic rings. The van der Waals surface area contributed by atoms with Crippen LogP contribution in [0.2, 0.25) is 0 Å². The first-order chi connectivity index (χ1) is 11.6. The first kappa shape index (κ1) is 22.1. The number of nitrogens with zero attached hydrogens (tertiary/aromatic N) is 2. The van der Waals surface area contributed by atoms with Crippen LogP contribution in [0.4, 0.5) is 0 Å². The lowest BCUT2D eigenvalue weighted by atomic mass is 9.77. The molecule has 2 heterocycles. The molecular weight excluding hydrogens is 332 g/mol. The van der Waals surface area contributed by atoms with E-state index in [0.717, 1.165) is 12.8 Å². The maximum atomic E-state index is 12.8.